The predicted octanol–water partition coefficient (Wildman–Crippen LogP) is 2.82. The summed E-state index contributed by atoms with van der Waals surface area (Å²) in [6.07, 6.45) is 2.25. The Hall–Kier alpha value is -3.38. The van der Waals surface area contributed by atoms with Crippen LogP contribution in [-0.4, -0.2) is 48.0 Å². The molecule has 0 spiro atoms. The Morgan fingerprint density at radius 2 is 1.94 bits per heavy atom. The number of hydrogen-bond donors (Lipinski definition) is 3. The monoisotopic (exact) mass is 493 g/mol. The first-order valence-electron chi connectivity index (χ1n) is 11.3. The molecular weight excluding hydrogens is 470 g/mol. The fourth-order valence-corrected chi connectivity index (χ4v) is 5.37. The maximum atomic E-state index is 11.1. The van der Waals surface area contributed by atoms with Crippen LogP contribution in [0.4, 0.5) is 11.5 Å². The molecular formula is C24H23N5O5S. The minimum Gasteiger partial charge on any atom is -0.455 e. The minimum absolute atomic E-state index is 0.129. The summed E-state index contributed by atoms with van der Waals surface area (Å²) in [5, 5.41) is 20.7. The van der Waals surface area contributed by atoms with Crippen molar-refractivity contribution in [3.8, 4) is 0 Å². The average molecular weight is 494 g/mol. The van der Waals surface area contributed by atoms with E-state index in [9.17, 15) is 13.5 Å². The summed E-state index contributed by atoms with van der Waals surface area (Å²) in [7, 11) is -4.05. The highest BCUT2D eigenvalue weighted by Gasteiger charge is 2.35. The molecule has 4 N–H and O–H groups in total. The Balaban J connectivity index is 1.27. The minimum atomic E-state index is -4.05. The van der Waals surface area contributed by atoms with Crippen LogP contribution in [-0.2, 0) is 20.9 Å². The molecule has 1 aliphatic heterocycles. The van der Waals surface area contributed by atoms with E-state index in [1.807, 2.05) is 42.5 Å². The number of fused-ring (bicyclic) bond motifs is 4. The molecule has 4 aromatic rings. The van der Waals surface area contributed by atoms with Gasteiger partial charge < -0.3 is 14.8 Å². The zero-order chi connectivity index (χ0) is 24.2. The summed E-state index contributed by atoms with van der Waals surface area (Å²) in [6, 6.07) is 13.9. The second-order valence-corrected chi connectivity index (χ2v) is 10.2. The lowest BCUT2D eigenvalue weighted by atomic mass is 10.0. The maximum Gasteiger partial charge on any atom is 0.333 e. The van der Waals surface area contributed by atoms with Crippen molar-refractivity contribution in [2.45, 2.75) is 31.4 Å². The van der Waals surface area contributed by atoms with Crippen molar-refractivity contribution in [2.75, 3.05) is 11.9 Å². The van der Waals surface area contributed by atoms with Gasteiger partial charge in [-0.15, -0.1) is 0 Å². The lowest BCUT2D eigenvalue weighted by molar-refractivity contribution is 0.101. The molecule has 0 saturated heterocycles. The molecule has 1 fully saturated rings. The van der Waals surface area contributed by atoms with Gasteiger partial charge in [0.2, 0.25) is 0 Å². The van der Waals surface area contributed by atoms with Crippen molar-refractivity contribution >= 4 is 49.5 Å². The molecule has 2 aromatic heterocycles. The van der Waals surface area contributed by atoms with Gasteiger partial charge in [0.1, 0.15) is 23.2 Å². The molecule has 11 heteroatoms. The van der Waals surface area contributed by atoms with Crippen LogP contribution < -0.4 is 10.5 Å². The second-order valence-electron chi connectivity index (χ2n) is 8.95. The molecule has 6 rings (SSSR count). The SMILES string of the molecule is NS(=O)(=O)OC[C@@H]1C[C@@H](Nc2ncnc3c2N=C(c2cccc4c2oc2ccccc24)C3)C[C@@H]1O. The van der Waals surface area contributed by atoms with Crippen molar-refractivity contribution < 1.29 is 22.1 Å². The molecule has 35 heavy (non-hydrogen) atoms. The number of aliphatic hydroxyl groups is 1. The average Bonchev–Trinajstić information content (AvgIpc) is 3.52. The number of anilines is 1. The van der Waals surface area contributed by atoms with E-state index in [0.29, 0.717) is 30.8 Å². The molecule has 0 unspecified atom stereocenters. The van der Waals surface area contributed by atoms with Gasteiger partial charge in [-0.05, 0) is 25.0 Å². The quantitative estimate of drug-likeness (QED) is 0.371. The summed E-state index contributed by atoms with van der Waals surface area (Å²) in [5.74, 6) is 0.220. The van der Waals surface area contributed by atoms with Crippen LogP contribution in [0.25, 0.3) is 21.9 Å². The number of aliphatic imine (C=N–C) groups is 1. The van der Waals surface area contributed by atoms with E-state index in [1.165, 1.54) is 6.33 Å². The van der Waals surface area contributed by atoms with Crippen LogP contribution in [0.1, 0.15) is 24.1 Å². The first-order chi connectivity index (χ1) is 16.9. The van der Waals surface area contributed by atoms with E-state index in [1.54, 1.807) is 0 Å². The lowest BCUT2D eigenvalue weighted by Crippen LogP contribution is -2.24. The molecule has 3 atom stereocenters. The number of nitrogens with two attached hydrogens (primary N) is 1. The first kappa shape index (κ1) is 22.1. The normalized spacial score (nSPS) is 22.0. The third-order valence-corrected chi connectivity index (χ3v) is 7.10. The van der Waals surface area contributed by atoms with E-state index in [2.05, 4.69) is 19.5 Å². The molecule has 10 nitrogen and oxygen atoms in total. The zero-order valence-electron chi connectivity index (χ0n) is 18.6. The molecule has 2 aliphatic rings. The molecule has 2 aromatic carbocycles. The molecule has 3 heterocycles. The Kier molecular flexibility index (Phi) is 5.29. The van der Waals surface area contributed by atoms with Gasteiger partial charge in [0.25, 0.3) is 0 Å². The molecule has 0 radical (unpaired) electrons. The topological polar surface area (TPSA) is 153 Å². The van der Waals surface area contributed by atoms with Crippen LogP contribution >= 0.6 is 0 Å². The molecule has 1 aliphatic carbocycles. The van der Waals surface area contributed by atoms with Crippen molar-refractivity contribution in [3.63, 3.8) is 0 Å². The summed E-state index contributed by atoms with van der Waals surface area (Å²) in [6.45, 7) is -0.163. The third kappa shape index (κ3) is 4.16. The Labute approximate surface area is 201 Å². The van der Waals surface area contributed by atoms with E-state index >= 15 is 0 Å². The molecule has 180 valence electrons. The van der Waals surface area contributed by atoms with Crippen LogP contribution in [0.5, 0.6) is 0 Å². The summed E-state index contributed by atoms with van der Waals surface area (Å²) in [5.41, 5.74) is 4.85. The highest BCUT2D eigenvalue weighted by molar-refractivity contribution is 7.84. The fourth-order valence-electron chi connectivity index (χ4n) is 5.01. The standard InChI is InChI=1S/C24H23N5O5S/c25-35(31,32)33-11-13-8-14(9-20(13)30)28-24-22-19(26-12-27-24)10-18(29-22)17-6-3-5-16-15-4-1-2-7-21(15)34-23(16)17/h1-7,12-14,20,30H,8-11H2,(H2,25,31,32)(H,26,27,28)/t13-,14+,20-/m0/s1. The summed E-state index contributed by atoms with van der Waals surface area (Å²) >= 11 is 0. The van der Waals surface area contributed by atoms with E-state index in [-0.39, 0.29) is 18.6 Å². The molecule has 1 saturated carbocycles. The van der Waals surface area contributed by atoms with E-state index < -0.39 is 16.4 Å². The number of nitrogens with zero attached hydrogens (tertiary/aromatic N) is 3. The van der Waals surface area contributed by atoms with Crippen LogP contribution in [0, 0.1) is 5.92 Å². The van der Waals surface area contributed by atoms with Gasteiger partial charge in [-0.1, -0.05) is 30.3 Å². The number of rotatable bonds is 6. The van der Waals surface area contributed by atoms with E-state index in [4.69, 9.17) is 14.5 Å². The van der Waals surface area contributed by atoms with Crippen molar-refractivity contribution in [1.82, 2.24) is 9.97 Å². The van der Waals surface area contributed by atoms with Crippen molar-refractivity contribution in [2.24, 2.45) is 16.0 Å². The van der Waals surface area contributed by atoms with Gasteiger partial charge in [0.15, 0.2) is 5.82 Å². The van der Waals surface area contributed by atoms with E-state index in [0.717, 1.165) is 38.9 Å². The van der Waals surface area contributed by atoms with Crippen molar-refractivity contribution in [3.05, 3.63) is 60.0 Å². The highest BCUT2D eigenvalue weighted by atomic mass is 32.2. The Morgan fingerprint density at radius 1 is 1.11 bits per heavy atom. The molecule has 0 amide bonds. The van der Waals surface area contributed by atoms with Crippen LogP contribution in [0.15, 0.2) is 58.2 Å². The number of hydrogen-bond acceptors (Lipinski definition) is 9. The number of furan rings is 1. The maximum absolute atomic E-state index is 11.1. The predicted molar refractivity (Wildman–Crippen MR) is 131 cm³/mol. The van der Waals surface area contributed by atoms with Gasteiger partial charge in [0, 0.05) is 34.7 Å². The third-order valence-electron chi connectivity index (χ3n) is 6.64. The summed E-state index contributed by atoms with van der Waals surface area (Å²) in [4.78, 5) is 13.7. The number of aliphatic hydroxyl groups excluding tert-OH is 1. The Morgan fingerprint density at radius 3 is 2.80 bits per heavy atom. The number of nitrogens with one attached hydrogen (secondary N) is 1. The first-order valence-corrected chi connectivity index (χ1v) is 12.8. The number of aromatic nitrogens is 2. The van der Waals surface area contributed by atoms with Crippen LogP contribution in [0.3, 0.4) is 0 Å². The number of para-hydroxylation sites is 2. The Bertz CT molecular complexity index is 1580. The fraction of sp³-hybridized carbons (Fsp3) is 0.292. The number of benzene rings is 2. The lowest BCUT2D eigenvalue weighted by Gasteiger charge is -2.14. The van der Waals surface area contributed by atoms with Gasteiger partial charge in [-0.2, -0.15) is 8.42 Å². The van der Waals surface area contributed by atoms with Crippen LogP contribution in [0.2, 0.25) is 0 Å². The van der Waals surface area contributed by atoms with Gasteiger partial charge in [0.05, 0.1) is 24.1 Å². The largest absolute Gasteiger partial charge is 0.455 e. The van der Waals surface area contributed by atoms with Crippen molar-refractivity contribution in [1.29, 1.82) is 0 Å². The zero-order valence-corrected chi connectivity index (χ0v) is 19.4. The van der Waals surface area contributed by atoms with Gasteiger partial charge >= 0.3 is 10.3 Å². The molecule has 0 bridgehead atoms. The van der Waals surface area contributed by atoms with Gasteiger partial charge in [-0.3, -0.25) is 4.18 Å². The smallest absolute Gasteiger partial charge is 0.333 e. The summed E-state index contributed by atoms with van der Waals surface area (Å²) < 4.78 is 33.1. The second kappa shape index (κ2) is 8.38. The highest BCUT2D eigenvalue weighted by Crippen LogP contribution is 2.38. The van der Waals surface area contributed by atoms with Gasteiger partial charge in [-0.25, -0.2) is 20.1 Å².